The number of amides is 1. The van der Waals surface area contributed by atoms with Crippen LogP contribution in [0.1, 0.15) is 25.0 Å². The largest absolute Gasteiger partial charge is 0.496 e. The molecule has 2 saturated heterocycles. The van der Waals surface area contributed by atoms with E-state index in [1.54, 1.807) is 7.11 Å². The number of methoxy groups -OCH3 is 1. The highest BCUT2D eigenvalue weighted by atomic mass is 32.2. The highest BCUT2D eigenvalue weighted by molar-refractivity contribution is 8.16. The predicted octanol–water partition coefficient (Wildman–Crippen LogP) is 3.69. The zero-order valence-electron chi connectivity index (χ0n) is 20.0. The summed E-state index contributed by atoms with van der Waals surface area (Å²) in [5.74, 6) is 0.548. The lowest BCUT2D eigenvalue weighted by atomic mass is 10.1. The molecule has 2 aliphatic rings. The van der Waals surface area contributed by atoms with E-state index in [0.29, 0.717) is 10.9 Å². The van der Waals surface area contributed by atoms with Gasteiger partial charge in [-0.2, -0.15) is 4.99 Å². The van der Waals surface area contributed by atoms with Gasteiger partial charge < -0.3 is 14.5 Å². The maximum atomic E-state index is 13.0. The number of benzene rings is 2. The molecule has 2 fully saturated rings. The minimum absolute atomic E-state index is 0.0711. The second-order valence-electron chi connectivity index (χ2n) is 8.59. The fourth-order valence-electron chi connectivity index (χ4n) is 4.70. The Balaban J connectivity index is 1.68. The summed E-state index contributed by atoms with van der Waals surface area (Å²) >= 11 is 1.40. The number of carbonyl (C=O) groups excluding carboxylic acids is 1. The second-order valence-corrected chi connectivity index (χ2v) is 12.0. The molecule has 9 heteroatoms. The number of hydrogen-bond acceptors (Lipinski definition) is 6. The van der Waals surface area contributed by atoms with Crippen LogP contribution in [0.2, 0.25) is 0 Å². The van der Waals surface area contributed by atoms with Gasteiger partial charge in [-0.3, -0.25) is 4.79 Å². The third-order valence-corrected chi connectivity index (χ3v) is 9.60. The van der Waals surface area contributed by atoms with Crippen molar-refractivity contribution in [2.24, 2.45) is 4.99 Å². The Hall–Kier alpha value is -2.52. The first-order valence-electron chi connectivity index (χ1n) is 11.5. The van der Waals surface area contributed by atoms with E-state index in [-0.39, 0.29) is 35.1 Å². The number of nitrogens with zero attached hydrogens (tertiary/aromatic N) is 3. The first-order valence-corrected chi connectivity index (χ1v) is 14.2. The van der Waals surface area contributed by atoms with E-state index in [9.17, 15) is 13.2 Å². The normalized spacial score (nSPS) is 22.1. The molecule has 2 heterocycles. The molecule has 0 bridgehead atoms. The molecule has 0 spiro atoms. The highest BCUT2D eigenvalue weighted by Crippen LogP contribution is 2.42. The van der Waals surface area contributed by atoms with Gasteiger partial charge in [0, 0.05) is 35.3 Å². The fourth-order valence-corrected chi connectivity index (χ4v) is 8.62. The monoisotopic (exact) mass is 501 g/mol. The van der Waals surface area contributed by atoms with Crippen molar-refractivity contribution in [3.8, 4) is 5.75 Å². The number of carbonyl (C=O) groups is 1. The average Bonchev–Trinajstić information content (AvgIpc) is 3.26. The first-order chi connectivity index (χ1) is 16.3. The van der Waals surface area contributed by atoms with E-state index < -0.39 is 9.84 Å². The molecule has 7 nitrogen and oxygen atoms in total. The van der Waals surface area contributed by atoms with Gasteiger partial charge in [-0.25, -0.2) is 8.42 Å². The van der Waals surface area contributed by atoms with Gasteiger partial charge in [-0.05, 0) is 50.6 Å². The van der Waals surface area contributed by atoms with Gasteiger partial charge >= 0.3 is 0 Å². The van der Waals surface area contributed by atoms with Crippen molar-refractivity contribution in [2.45, 2.75) is 38.5 Å². The Morgan fingerprint density at radius 1 is 1.18 bits per heavy atom. The van der Waals surface area contributed by atoms with Crippen molar-refractivity contribution in [3.05, 3.63) is 53.6 Å². The average molecular weight is 502 g/mol. The van der Waals surface area contributed by atoms with Crippen molar-refractivity contribution in [1.29, 1.82) is 0 Å². The lowest BCUT2D eigenvalue weighted by Crippen LogP contribution is -2.38. The molecule has 0 unspecified atom stereocenters. The maximum absolute atomic E-state index is 13.0. The Labute approximate surface area is 206 Å². The van der Waals surface area contributed by atoms with Crippen LogP contribution in [0.3, 0.4) is 0 Å². The standard InChI is InChI=1S/C25H31N3O4S2/c1-5-27(6-2)19-11-12-20(17(3)13-19)28-21-15-34(30,31)16-23(21)33-25(28)26-24(29)14-18-9-7-8-10-22(18)32-4/h7-13,21,23H,5-6,14-16H2,1-4H3/t21-,23+/m0/s1. The number of para-hydroxylation sites is 1. The van der Waals surface area contributed by atoms with Gasteiger partial charge in [0.15, 0.2) is 15.0 Å². The summed E-state index contributed by atoms with van der Waals surface area (Å²) in [4.78, 5) is 21.7. The van der Waals surface area contributed by atoms with Crippen LogP contribution >= 0.6 is 11.8 Å². The van der Waals surface area contributed by atoms with Crippen LogP contribution < -0.4 is 14.5 Å². The molecule has 2 atom stereocenters. The molecular weight excluding hydrogens is 470 g/mol. The van der Waals surface area contributed by atoms with Crippen molar-refractivity contribution >= 4 is 44.0 Å². The van der Waals surface area contributed by atoms with Crippen LogP contribution in [0.5, 0.6) is 5.75 Å². The van der Waals surface area contributed by atoms with Crippen molar-refractivity contribution in [3.63, 3.8) is 0 Å². The number of amidine groups is 1. The lowest BCUT2D eigenvalue weighted by molar-refractivity contribution is -0.117. The van der Waals surface area contributed by atoms with Crippen LogP contribution in [0.25, 0.3) is 0 Å². The van der Waals surface area contributed by atoms with Gasteiger partial charge in [0.1, 0.15) is 5.75 Å². The Morgan fingerprint density at radius 2 is 1.91 bits per heavy atom. The number of anilines is 2. The molecule has 4 rings (SSSR count). The van der Waals surface area contributed by atoms with Crippen LogP contribution in [0, 0.1) is 6.92 Å². The van der Waals surface area contributed by atoms with Gasteiger partial charge in [-0.15, -0.1) is 0 Å². The van der Waals surface area contributed by atoms with Crippen LogP contribution in [-0.4, -0.2) is 62.5 Å². The Kier molecular flexibility index (Phi) is 7.23. The summed E-state index contributed by atoms with van der Waals surface area (Å²) < 4.78 is 30.2. The molecule has 2 aromatic carbocycles. The molecule has 1 amide bonds. The first kappa shape index (κ1) is 24.6. The van der Waals surface area contributed by atoms with Crippen LogP contribution in [0.15, 0.2) is 47.5 Å². The SMILES string of the molecule is CCN(CC)c1ccc(N2C(=NC(=O)Cc3ccccc3OC)S[C@@H]3CS(=O)(=O)C[C@@H]32)c(C)c1. The molecule has 0 N–H and O–H groups in total. The molecular formula is C25H31N3O4S2. The lowest BCUT2D eigenvalue weighted by Gasteiger charge is -2.28. The number of ether oxygens (including phenoxy) is 1. The number of aryl methyl sites for hydroxylation is 1. The smallest absolute Gasteiger partial charge is 0.252 e. The van der Waals surface area contributed by atoms with Gasteiger partial charge in [0.25, 0.3) is 5.91 Å². The van der Waals surface area contributed by atoms with E-state index in [1.807, 2.05) is 42.2 Å². The van der Waals surface area contributed by atoms with E-state index >= 15 is 0 Å². The summed E-state index contributed by atoms with van der Waals surface area (Å²) in [6.45, 7) is 8.08. The molecule has 34 heavy (non-hydrogen) atoms. The van der Waals surface area contributed by atoms with Gasteiger partial charge in [-0.1, -0.05) is 30.0 Å². The highest BCUT2D eigenvalue weighted by Gasteiger charge is 2.49. The molecule has 2 aromatic rings. The Bertz CT molecular complexity index is 1210. The number of thioether (sulfide) groups is 1. The van der Waals surface area contributed by atoms with E-state index in [0.717, 1.165) is 35.6 Å². The van der Waals surface area contributed by atoms with Crippen molar-refractivity contribution in [2.75, 3.05) is 41.5 Å². The summed E-state index contributed by atoms with van der Waals surface area (Å²) in [5.41, 5.74) is 3.83. The zero-order chi connectivity index (χ0) is 24.5. The van der Waals surface area contributed by atoms with Crippen molar-refractivity contribution in [1.82, 2.24) is 0 Å². The molecule has 0 saturated carbocycles. The minimum atomic E-state index is -3.13. The molecule has 0 aliphatic carbocycles. The van der Waals surface area contributed by atoms with Gasteiger partial charge in [0.05, 0.1) is 31.1 Å². The summed E-state index contributed by atoms with van der Waals surface area (Å²) in [6, 6.07) is 13.4. The number of aliphatic imine (C=N–C) groups is 1. The minimum Gasteiger partial charge on any atom is -0.496 e. The topological polar surface area (TPSA) is 79.3 Å². The zero-order valence-corrected chi connectivity index (χ0v) is 21.7. The van der Waals surface area contributed by atoms with Crippen molar-refractivity contribution < 1.29 is 17.9 Å². The van der Waals surface area contributed by atoms with Gasteiger partial charge in [0.2, 0.25) is 0 Å². The molecule has 2 aliphatic heterocycles. The number of hydrogen-bond donors (Lipinski definition) is 0. The molecule has 182 valence electrons. The summed E-state index contributed by atoms with van der Waals surface area (Å²) in [7, 11) is -1.55. The number of fused-ring (bicyclic) bond motifs is 1. The summed E-state index contributed by atoms with van der Waals surface area (Å²) in [6.07, 6.45) is 0.120. The van der Waals surface area contributed by atoms with Crippen LogP contribution in [0.4, 0.5) is 11.4 Å². The third-order valence-electron chi connectivity index (χ3n) is 6.39. The van der Waals surface area contributed by atoms with E-state index in [2.05, 4.69) is 35.9 Å². The fraction of sp³-hybridized carbons (Fsp3) is 0.440. The number of sulfone groups is 1. The molecule has 0 radical (unpaired) electrons. The number of rotatable bonds is 7. The predicted molar refractivity (Wildman–Crippen MR) is 140 cm³/mol. The maximum Gasteiger partial charge on any atom is 0.252 e. The Morgan fingerprint density at radius 3 is 2.59 bits per heavy atom. The second kappa shape index (κ2) is 10.00. The van der Waals surface area contributed by atoms with Crippen LogP contribution in [-0.2, 0) is 21.1 Å². The molecule has 0 aromatic heterocycles. The van der Waals surface area contributed by atoms with E-state index in [4.69, 9.17) is 4.74 Å². The quantitative estimate of drug-likeness (QED) is 0.572. The third kappa shape index (κ3) is 4.95. The van der Waals surface area contributed by atoms with E-state index in [1.165, 1.54) is 11.8 Å². The summed E-state index contributed by atoms with van der Waals surface area (Å²) in [5, 5.41) is 0.438.